The number of methoxy groups -OCH3 is 1. The van der Waals surface area contributed by atoms with Gasteiger partial charge >= 0.3 is 0 Å². The number of hydrogen-bond acceptors (Lipinski definition) is 5. The minimum atomic E-state index is -0.762. The van der Waals surface area contributed by atoms with Gasteiger partial charge in [-0.25, -0.2) is 4.98 Å². The normalized spacial score (nSPS) is 22.3. The van der Waals surface area contributed by atoms with Crippen molar-refractivity contribution in [2.75, 3.05) is 44.8 Å². The van der Waals surface area contributed by atoms with Gasteiger partial charge in [-0.1, -0.05) is 17.7 Å². The molecule has 28 heavy (non-hydrogen) atoms. The lowest BCUT2D eigenvalue weighted by molar-refractivity contribution is 0.0495. The van der Waals surface area contributed by atoms with Gasteiger partial charge in [-0.05, 0) is 31.2 Å². The minimum absolute atomic E-state index is 0.586. The number of nitrogens with zero attached hydrogens (tertiary/aromatic N) is 4. The SMILES string of the molecule is CCOC1(Cl)C=Cc2nc(CN3CCN(c4cccc(OC)c4)CC3)cn2C1. The van der Waals surface area contributed by atoms with Crippen LogP contribution in [-0.4, -0.2) is 59.4 Å². The van der Waals surface area contributed by atoms with Gasteiger partial charge in [-0.15, -0.1) is 0 Å². The van der Waals surface area contributed by atoms with Crippen LogP contribution in [-0.2, 0) is 17.8 Å². The summed E-state index contributed by atoms with van der Waals surface area (Å²) in [5, 5.41) is -0.762. The molecule has 0 amide bonds. The third-order valence-electron chi connectivity index (χ3n) is 5.29. The zero-order valence-corrected chi connectivity index (χ0v) is 17.2. The zero-order valence-electron chi connectivity index (χ0n) is 16.5. The Hall–Kier alpha value is -2.02. The Morgan fingerprint density at radius 3 is 2.79 bits per heavy atom. The molecule has 7 heteroatoms. The van der Waals surface area contributed by atoms with Crippen molar-refractivity contribution in [3.05, 3.63) is 48.1 Å². The summed E-state index contributed by atoms with van der Waals surface area (Å²) in [6.07, 6.45) is 5.96. The van der Waals surface area contributed by atoms with Crippen LogP contribution in [0.25, 0.3) is 6.08 Å². The number of imidazole rings is 1. The van der Waals surface area contributed by atoms with Gasteiger partial charge in [-0.2, -0.15) is 0 Å². The van der Waals surface area contributed by atoms with E-state index in [0.29, 0.717) is 13.2 Å². The first-order valence-electron chi connectivity index (χ1n) is 9.78. The molecule has 0 spiro atoms. The van der Waals surface area contributed by atoms with E-state index in [2.05, 4.69) is 32.7 Å². The second-order valence-corrected chi connectivity index (χ2v) is 7.88. The number of aromatic nitrogens is 2. The number of piperazine rings is 1. The van der Waals surface area contributed by atoms with Crippen molar-refractivity contribution in [2.24, 2.45) is 0 Å². The van der Waals surface area contributed by atoms with E-state index in [1.807, 2.05) is 31.2 Å². The maximum Gasteiger partial charge on any atom is 0.178 e. The van der Waals surface area contributed by atoms with Crippen molar-refractivity contribution in [3.8, 4) is 5.75 Å². The summed E-state index contributed by atoms with van der Waals surface area (Å²) >= 11 is 6.52. The van der Waals surface area contributed by atoms with E-state index < -0.39 is 5.06 Å². The van der Waals surface area contributed by atoms with Gasteiger partial charge in [0.1, 0.15) is 11.6 Å². The molecule has 6 nitrogen and oxygen atoms in total. The molecule has 1 aromatic heterocycles. The fourth-order valence-corrected chi connectivity index (χ4v) is 4.14. The highest BCUT2D eigenvalue weighted by Gasteiger charge is 2.30. The maximum atomic E-state index is 6.52. The second kappa shape index (κ2) is 8.15. The summed E-state index contributed by atoms with van der Waals surface area (Å²) in [5.74, 6) is 1.85. The number of ether oxygens (including phenoxy) is 2. The first kappa shape index (κ1) is 19.3. The summed E-state index contributed by atoms with van der Waals surface area (Å²) in [4.78, 5) is 9.62. The summed E-state index contributed by atoms with van der Waals surface area (Å²) in [6, 6.07) is 8.27. The first-order valence-corrected chi connectivity index (χ1v) is 10.2. The number of benzene rings is 1. The molecule has 1 unspecified atom stereocenters. The molecule has 2 aromatic rings. The van der Waals surface area contributed by atoms with E-state index >= 15 is 0 Å². The molecule has 0 radical (unpaired) electrons. The second-order valence-electron chi connectivity index (χ2n) is 7.24. The topological polar surface area (TPSA) is 42.8 Å². The van der Waals surface area contributed by atoms with E-state index in [9.17, 15) is 0 Å². The zero-order chi connectivity index (χ0) is 19.6. The number of halogens is 1. The largest absolute Gasteiger partial charge is 0.497 e. The average Bonchev–Trinajstić information content (AvgIpc) is 3.09. The van der Waals surface area contributed by atoms with Crippen molar-refractivity contribution in [2.45, 2.75) is 25.1 Å². The predicted octanol–water partition coefficient (Wildman–Crippen LogP) is 3.21. The fourth-order valence-electron chi connectivity index (χ4n) is 3.84. The summed E-state index contributed by atoms with van der Waals surface area (Å²) in [5.41, 5.74) is 2.29. The highest BCUT2D eigenvalue weighted by molar-refractivity contribution is 6.24. The summed E-state index contributed by atoms with van der Waals surface area (Å²) in [6.45, 7) is 7.99. The highest BCUT2D eigenvalue weighted by atomic mass is 35.5. The van der Waals surface area contributed by atoms with Crippen LogP contribution in [0.3, 0.4) is 0 Å². The standard InChI is InChI=1S/C21H27ClN4O2/c1-3-28-21(22)8-7-20-23-17(15-26(20)16-21)14-24-9-11-25(12-10-24)18-5-4-6-19(13-18)27-2/h4-8,13,15H,3,9-12,14,16H2,1-2H3. The van der Waals surface area contributed by atoms with Crippen LogP contribution in [0.1, 0.15) is 18.4 Å². The molecule has 2 aliphatic heterocycles. The molecule has 0 N–H and O–H groups in total. The first-order chi connectivity index (χ1) is 13.6. The Labute approximate surface area is 171 Å². The van der Waals surface area contributed by atoms with Gasteiger partial charge in [0.25, 0.3) is 0 Å². The molecule has 1 saturated heterocycles. The van der Waals surface area contributed by atoms with Crippen molar-refractivity contribution < 1.29 is 9.47 Å². The molecule has 0 bridgehead atoms. The molecule has 1 atom stereocenters. The van der Waals surface area contributed by atoms with Crippen LogP contribution < -0.4 is 9.64 Å². The Kier molecular flexibility index (Phi) is 5.62. The van der Waals surface area contributed by atoms with Gasteiger partial charge < -0.3 is 18.9 Å². The molecule has 1 aromatic carbocycles. The van der Waals surface area contributed by atoms with Crippen molar-refractivity contribution in [3.63, 3.8) is 0 Å². The third kappa shape index (κ3) is 4.19. The van der Waals surface area contributed by atoms with Crippen LogP contribution >= 0.6 is 11.6 Å². The molecule has 4 rings (SSSR count). The Morgan fingerprint density at radius 1 is 1.21 bits per heavy atom. The number of fused-ring (bicyclic) bond motifs is 1. The van der Waals surface area contributed by atoms with Gasteiger partial charge in [0.05, 0.1) is 19.3 Å². The third-order valence-corrected chi connectivity index (χ3v) is 5.64. The molecular formula is C21H27ClN4O2. The van der Waals surface area contributed by atoms with Gasteiger partial charge in [0, 0.05) is 57.3 Å². The summed E-state index contributed by atoms with van der Waals surface area (Å²) < 4.78 is 13.1. The van der Waals surface area contributed by atoms with Crippen molar-refractivity contribution >= 4 is 23.4 Å². The Balaban J connectivity index is 1.35. The van der Waals surface area contributed by atoms with Crippen LogP contribution in [0.2, 0.25) is 0 Å². The van der Waals surface area contributed by atoms with E-state index in [4.69, 9.17) is 26.1 Å². The molecule has 0 saturated carbocycles. The minimum Gasteiger partial charge on any atom is -0.497 e. The quantitative estimate of drug-likeness (QED) is 0.694. The van der Waals surface area contributed by atoms with Crippen LogP contribution in [0.15, 0.2) is 36.5 Å². The predicted molar refractivity (Wildman–Crippen MR) is 112 cm³/mol. The summed E-state index contributed by atoms with van der Waals surface area (Å²) in [7, 11) is 1.71. The van der Waals surface area contributed by atoms with Gasteiger partial charge in [0.2, 0.25) is 0 Å². The highest BCUT2D eigenvalue weighted by Crippen LogP contribution is 2.28. The van der Waals surface area contributed by atoms with Crippen molar-refractivity contribution in [1.82, 2.24) is 14.5 Å². The molecule has 1 fully saturated rings. The van der Waals surface area contributed by atoms with Gasteiger partial charge in [-0.3, -0.25) is 4.90 Å². The molecule has 2 aliphatic rings. The van der Waals surface area contributed by atoms with Crippen LogP contribution in [0.4, 0.5) is 5.69 Å². The van der Waals surface area contributed by atoms with Crippen molar-refractivity contribution in [1.29, 1.82) is 0 Å². The Bertz CT molecular complexity index is 845. The maximum absolute atomic E-state index is 6.52. The molecule has 3 heterocycles. The molecular weight excluding hydrogens is 376 g/mol. The lowest BCUT2D eigenvalue weighted by atomic mass is 10.2. The molecule has 150 valence electrons. The van der Waals surface area contributed by atoms with E-state index in [0.717, 1.165) is 50.0 Å². The van der Waals surface area contributed by atoms with Crippen LogP contribution in [0.5, 0.6) is 5.75 Å². The molecule has 0 aliphatic carbocycles. The number of alkyl halides is 1. The van der Waals surface area contributed by atoms with E-state index in [1.54, 1.807) is 7.11 Å². The number of hydrogen-bond donors (Lipinski definition) is 0. The van der Waals surface area contributed by atoms with E-state index in [-0.39, 0.29) is 0 Å². The number of anilines is 1. The number of rotatable bonds is 6. The monoisotopic (exact) mass is 402 g/mol. The lowest BCUT2D eigenvalue weighted by Crippen LogP contribution is -2.46. The average molecular weight is 403 g/mol. The Morgan fingerprint density at radius 2 is 2.04 bits per heavy atom. The van der Waals surface area contributed by atoms with Crippen LogP contribution in [0, 0.1) is 0 Å². The fraction of sp³-hybridized carbons (Fsp3) is 0.476. The van der Waals surface area contributed by atoms with E-state index in [1.165, 1.54) is 5.69 Å². The smallest absolute Gasteiger partial charge is 0.178 e. The lowest BCUT2D eigenvalue weighted by Gasteiger charge is -2.35. The van der Waals surface area contributed by atoms with Gasteiger partial charge in [0.15, 0.2) is 5.06 Å².